The highest BCUT2D eigenvalue weighted by atomic mass is 16.1. The summed E-state index contributed by atoms with van der Waals surface area (Å²) in [5.74, 6) is 0.816. The average molecular weight is 232 g/mol. The zero-order valence-electron chi connectivity index (χ0n) is 11.0. The van der Waals surface area contributed by atoms with Gasteiger partial charge in [0.1, 0.15) is 0 Å². The van der Waals surface area contributed by atoms with Gasteiger partial charge in [-0.25, -0.2) is 0 Å². The highest BCUT2D eigenvalue weighted by molar-refractivity contribution is 6.08. The molecule has 0 N–H and O–H groups in total. The van der Waals surface area contributed by atoms with Gasteiger partial charge in [0.15, 0.2) is 5.78 Å². The normalized spacial score (nSPS) is 25.5. The Bertz CT molecular complexity index is 335. The van der Waals surface area contributed by atoms with Crippen LogP contribution >= 0.6 is 0 Å². The van der Waals surface area contributed by atoms with Crippen molar-refractivity contribution in [3.63, 3.8) is 0 Å². The zero-order valence-corrected chi connectivity index (χ0v) is 11.0. The Hall–Kier alpha value is -0.850. The van der Waals surface area contributed by atoms with Crippen molar-refractivity contribution >= 4 is 5.78 Å². The van der Waals surface area contributed by atoms with Gasteiger partial charge in [-0.1, -0.05) is 44.3 Å². The molecule has 0 aromatic heterocycles. The second-order valence-electron chi connectivity index (χ2n) is 5.39. The smallest absolute Gasteiger partial charge is 0.182 e. The first kappa shape index (κ1) is 12.6. The molecule has 0 aliphatic heterocycles. The third-order valence-corrected chi connectivity index (χ3v) is 4.05. The summed E-state index contributed by atoms with van der Waals surface area (Å²) in [7, 11) is 0. The van der Waals surface area contributed by atoms with Crippen molar-refractivity contribution in [3.8, 4) is 0 Å². The van der Waals surface area contributed by atoms with Crippen LogP contribution in [0.2, 0.25) is 0 Å². The second-order valence-corrected chi connectivity index (χ2v) is 5.39. The van der Waals surface area contributed by atoms with Crippen LogP contribution < -0.4 is 0 Å². The van der Waals surface area contributed by atoms with E-state index >= 15 is 0 Å². The summed E-state index contributed by atoms with van der Waals surface area (Å²) in [6.45, 7) is 2.24. The lowest BCUT2D eigenvalue weighted by Gasteiger charge is -2.06. The van der Waals surface area contributed by atoms with Gasteiger partial charge in [0.25, 0.3) is 0 Å². The lowest BCUT2D eigenvalue weighted by atomic mass is 9.97. The number of hydrogen-bond acceptors (Lipinski definition) is 1. The van der Waals surface area contributed by atoms with Gasteiger partial charge in [0.05, 0.1) is 0 Å². The van der Waals surface area contributed by atoms with Gasteiger partial charge in [0, 0.05) is 11.5 Å². The van der Waals surface area contributed by atoms with Gasteiger partial charge in [0.2, 0.25) is 0 Å². The molecule has 1 heteroatoms. The molecule has 0 amide bonds. The van der Waals surface area contributed by atoms with E-state index in [2.05, 4.69) is 13.0 Å². The third-order valence-electron chi connectivity index (χ3n) is 4.05. The molecule has 2 aliphatic carbocycles. The van der Waals surface area contributed by atoms with E-state index in [4.69, 9.17) is 0 Å². The number of allylic oxidation sites excluding steroid dienone is 4. The van der Waals surface area contributed by atoms with Crippen LogP contribution in [0, 0.1) is 5.92 Å². The van der Waals surface area contributed by atoms with Crippen molar-refractivity contribution in [2.24, 2.45) is 5.92 Å². The molecule has 0 saturated heterocycles. The molecule has 1 atom stereocenters. The monoisotopic (exact) mass is 232 g/mol. The van der Waals surface area contributed by atoms with E-state index in [0.717, 1.165) is 18.4 Å². The van der Waals surface area contributed by atoms with E-state index < -0.39 is 0 Å². The topological polar surface area (TPSA) is 17.1 Å². The molecule has 0 radical (unpaired) electrons. The van der Waals surface area contributed by atoms with Crippen LogP contribution in [0.25, 0.3) is 0 Å². The van der Waals surface area contributed by atoms with E-state index in [1.807, 2.05) is 6.08 Å². The minimum absolute atomic E-state index is 0.304. The predicted molar refractivity (Wildman–Crippen MR) is 71.9 cm³/mol. The predicted octanol–water partition coefficient (Wildman–Crippen LogP) is 4.58. The molecule has 1 nitrogen and oxygen atoms in total. The number of ketones is 1. The number of carbonyl (C=O) groups excluding carboxylic acids is 1. The Morgan fingerprint density at radius 3 is 2.94 bits per heavy atom. The van der Waals surface area contributed by atoms with E-state index in [9.17, 15) is 4.79 Å². The van der Waals surface area contributed by atoms with E-state index in [0.29, 0.717) is 11.7 Å². The Morgan fingerprint density at radius 1 is 1.29 bits per heavy atom. The van der Waals surface area contributed by atoms with Gasteiger partial charge in [-0.05, 0) is 38.2 Å². The zero-order chi connectivity index (χ0) is 12.1. The van der Waals surface area contributed by atoms with Gasteiger partial charge in [-0.3, -0.25) is 4.79 Å². The van der Waals surface area contributed by atoms with Crippen LogP contribution in [-0.4, -0.2) is 5.78 Å². The largest absolute Gasteiger partial charge is 0.290 e. The van der Waals surface area contributed by atoms with Crippen molar-refractivity contribution in [1.29, 1.82) is 0 Å². The first-order valence-electron chi connectivity index (χ1n) is 7.27. The highest BCUT2D eigenvalue weighted by Crippen LogP contribution is 2.41. The summed E-state index contributed by atoms with van der Waals surface area (Å²) < 4.78 is 0. The van der Waals surface area contributed by atoms with Crippen molar-refractivity contribution in [1.82, 2.24) is 0 Å². The number of fused-ring (bicyclic) bond motifs is 1. The fourth-order valence-electron chi connectivity index (χ4n) is 3.07. The van der Waals surface area contributed by atoms with Gasteiger partial charge < -0.3 is 0 Å². The average Bonchev–Trinajstić information content (AvgIpc) is 2.85. The van der Waals surface area contributed by atoms with Crippen molar-refractivity contribution < 1.29 is 4.79 Å². The molecule has 0 spiro atoms. The van der Waals surface area contributed by atoms with Crippen LogP contribution in [0.5, 0.6) is 0 Å². The summed E-state index contributed by atoms with van der Waals surface area (Å²) in [6, 6.07) is 0. The number of carbonyl (C=O) groups is 1. The molecule has 0 aromatic carbocycles. The van der Waals surface area contributed by atoms with Crippen LogP contribution in [-0.2, 0) is 4.79 Å². The Morgan fingerprint density at radius 2 is 2.12 bits per heavy atom. The maximum absolute atomic E-state index is 11.8. The lowest BCUT2D eigenvalue weighted by molar-refractivity contribution is -0.111. The molecule has 1 fully saturated rings. The summed E-state index contributed by atoms with van der Waals surface area (Å²) in [5, 5.41) is 0. The Labute approximate surface area is 105 Å². The minimum atomic E-state index is 0.304. The maximum atomic E-state index is 11.8. The minimum Gasteiger partial charge on any atom is -0.290 e. The molecule has 1 saturated carbocycles. The van der Waals surface area contributed by atoms with Gasteiger partial charge in [-0.15, -0.1) is 0 Å². The standard InChI is InChI=1S/C16H24O/c1-2-3-4-5-6-7-10-15-14-11-8-9-13(14)12-16(15)17/h10,12,14H,2-9,11H2,1H3/b15-10-. The fourth-order valence-corrected chi connectivity index (χ4v) is 3.07. The van der Waals surface area contributed by atoms with Crippen LogP contribution in [0.3, 0.4) is 0 Å². The molecule has 0 bridgehead atoms. The highest BCUT2D eigenvalue weighted by Gasteiger charge is 2.32. The first-order valence-corrected chi connectivity index (χ1v) is 7.27. The van der Waals surface area contributed by atoms with E-state index in [1.54, 1.807) is 0 Å². The van der Waals surface area contributed by atoms with Crippen LogP contribution in [0.4, 0.5) is 0 Å². The third kappa shape index (κ3) is 3.08. The van der Waals surface area contributed by atoms with E-state index in [1.165, 1.54) is 50.5 Å². The molecular weight excluding hydrogens is 208 g/mol. The van der Waals surface area contributed by atoms with Crippen LogP contribution in [0.1, 0.15) is 64.7 Å². The molecule has 1 unspecified atom stereocenters. The Balaban J connectivity index is 1.76. The van der Waals surface area contributed by atoms with Crippen molar-refractivity contribution in [2.75, 3.05) is 0 Å². The summed E-state index contributed by atoms with van der Waals surface area (Å²) >= 11 is 0. The summed E-state index contributed by atoms with van der Waals surface area (Å²) in [6.07, 6.45) is 15.4. The molecule has 2 aliphatic rings. The van der Waals surface area contributed by atoms with Crippen molar-refractivity contribution in [3.05, 3.63) is 23.3 Å². The molecule has 2 rings (SSSR count). The molecule has 94 valence electrons. The van der Waals surface area contributed by atoms with Gasteiger partial charge >= 0.3 is 0 Å². The quantitative estimate of drug-likeness (QED) is 0.484. The van der Waals surface area contributed by atoms with Gasteiger partial charge in [-0.2, -0.15) is 0 Å². The lowest BCUT2D eigenvalue weighted by Crippen LogP contribution is -2.01. The SMILES string of the molecule is CCCCCCC/C=C1\C(=O)C=C2CCCC21. The molecule has 17 heavy (non-hydrogen) atoms. The molecule has 0 heterocycles. The second kappa shape index (κ2) is 6.18. The number of hydrogen-bond donors (Lipinski definition) is 0. The number of rotatable bonds is 6. The number of unbranched alkanes of at least 4 members (excludes halogenated alkanes) is 5. The molecular formula is C16H24O. The summed E-state index contributed by atoms with van der Waals surface area (Å²) in [5.41, 5.74) is 2.53. The first-order chi connectivity index (χ1) is 8.33. The van der Waals surface area contributed by atoms with Crippen molar-refractivity contribution in [2.45, 2.75) is 64.7 Å². The maximum Gasteiger partial charge on any atom is 0.182 e. The summed E-state index contributed by atoms with van der Waals surface area (Å²) in [4.78, 5) is 11.8. The van der Waals surface area contributed by atoms with E-state index in [-0.39, 0.29) is 0 Å². The Kier molecular flexibility index (Phi) is 4.58. The van der Waals surface area contributed by atoms with Crippen LogP contribution in [0.15, 0.2) is 23.3 Å². The fraction of sp³-hybridized carbons (Fsp3) is 0.688. The molecule has 0 aromatic rings.